The SMILES string of the molecule is Cc1ccc(NC(=O)COc2ccc(CCNC(=O)C(C)C3CNC3)cc2)cc1. The van der Waals surface area contributed by atoms with Crippen LogP contribution in [0.15, 0.2) is 48.5 Å². The Hall–Kier alpha value is -2.86. The second-order valence-electron chi connectivity index (χ2n) is 7.59. The van der Waals surface area contributed by atoms with Gasteiger partial charge in [0.25, 0.3) is 5.91 Å². The van der Waals surface area contributed by atoms with E-state index in [1.165, 1.54) is 0 Å². The summed E-state index contributed by atoms with van der Waals surface area (Å²) in [7, 11) is 0. The number of carbonyl (C=O) groups excluding carboxylic acids is 2. The lowest BCUT2D eigenvalue weighted by molar-refractivity contribution is -0.126. The predicted molar refractivity (Wildman–Crippen MR) is 114 cm³/mol. The van der Waals surface area contributed by atoms with E-state index >= 15 is 0 Å². The summed E-state index contributed by atoms with van der Waals surface area (Å²) in [5.41, 5.74) is 3.01. The molecule has 0 saturated carbocycles. The summed E-state index contributed by atoms with van der Waals surface area (Å²) in [5, 5.41) is 9.02. The molecule has 2 aromatic carbocycles. The standard InChI is InChI=1S/C23H29N3O3/c1-16-3-7-20(8-4-16)26-22(27)15-29-21-9-5-18(6-10-21)11-12-25-23(28)17(2)19-13-24-14-19/h3-10,17,19,24H,11-15H2,1-2H3,(H,25,28)(H,26,27). The molecule has 1 aliphatic rings. The van der Waals surface area contributed by atoms with Crippen LogP contribution in [0.1, 0.15) is 18.1 Å². The highest BCUT2D eigenvalue weighted by Gasteiger charge is 2.28. The molecule has 1 fully saturated rings. The Balaban J connectivity index is 1.36. The van der Waals surface area contributed by atoms with Gasteiger partial charge in [-0.15, -0.1) is 0 Å². The van der Waals surface area contributed by atoms with E-state index < -0.39 is 0 Å². The van der Waals surface area contributed by atoms with Crippen molar-refractivity contribution in [3.8, 4) is 5.75 Å². The molecule has 0 bridgehead atoms. The number of ether oxygens (including phenoxy) is 1. The highest BCUT2D eigenvalue weighted by molar-refractivity contribution is 5.91. The molecule has 0 aliphatic carbocycles. The van der Waals surface area contributed by atoms with Crippen LogP contribution in [0.2, 0.25) is 0 Å². The summed E-state index contributed by atoms with van der Waals surface area (Å²) in [6, 6.07) is 15.2. The van der Waals surface area contributed by atoms with E-state index in [0.29, 0.717) is 18.2 Å². The summed E-state index contributed by atoms with van der Waals surface area (Å²) < 4.78 is 5.55. The summed E-state index contributed by atoms with van der Waals surface area (Å²) in [6.45, 7) is 6.42. The van der Waals surface area contributed by atoms with E-state index in [1.54, 1.807) is 0 Å². The summed E-state index contributed by atoms with van der Waals surface area (Å²) in [6.07, 6.45) is 0.759. The number of aryl methyl sites for hydroxylation is 1. The van der Waals surface area contributed by atoms with Gasteiger partial charge in [0, 0.05) is 18.2 Å². The Morgan fingerprint density at radius 2 is 1.79 bits per heavy atom. The zero-order valence-corrected chi connectivity index (χ0v) is 17.0. The smallest absolute Gasteiger partial charge is 0.262 e. The molecule has 6 heteroatoms. The monoisotopic (exact) mass is 395 g/mol. The summed E-state index contributed by atoms with van der Waals surface area (Å²) >= 11 is 0. The van der Waals surface area contributed by atoms with Crippen molar-refractivity contribution in [1.29, 1.82) is 0 Å². The zero-order chi connectivity index (χ0) is 20.6. The van der Waals surface area contributed by atoms with Gasteiger partial charge in [-0.2, -0.15) is 0 Å². The fraction of sp³-hybridized carbons (Fsp3) is 0.391. The van der Waals surface area contributed by atoms with Crippen molar-refractivity contribution in [2.45, 2.75) is 20.3 Å². The highest BCUT2D eigenvalue weighted by atomic mass is 16.5. The number of nitrogens with one attached hydrogen (secondary N) is 3. The van der Waals surface area contributed by atoms with Crippen molar-refractivity contribution in [1.82, 2.24) is 10.6 Å². The van der Waals surface area contributed by atoms with Crippen LogP contribution >= 0.6 is 0 Å². The van der Waals surface area contributed by atoms with Gasteiger partial charge in [-0.1, -0.05) is 36.8 Å². The Morgan fingerprint density at radius 3 is 2.41 bits per heavy atom. The lowest BCUT2D eigenvalue weighted by Crippen LogP contribution is -2.49. The normalized spacial score (nSPS) is 14.6. The molecular weight excluding hydrogens is 366 g/mol. The molecule has 1 saturated heterocycles. The minimum atomic E-state index is -0.198. The quantitative estimate of drug-likeness (QED) is 0.610. The first kappa shape index (κ1) is 20.9. The van der Waals surface area contributed by atoms with Crippen molar-refractivity contribution >= 4 is 17.5 Å². The van der Waals surface area contributed by atoms with Crippen LogP contribution in [0.5, 0.6) is 5.75 Å². The third-order valence-electron chi connectivity index (χ3n) is 5.28. The molecule has 29 heavy (non-hydrogen) atoms. The van der Waals surface area contributed by atoms with Crippen molar-refractivity contribution in [2.24, 2.45) is 11.8 Å². The van der Waals surface area contributed by atoms with Crippen molar-refractivity contribution in [3.05, 3.63) is 59.7 Å². The molecule has 1 aliphatic heterocycles. The summed E-state index contributed by atoms with van der Waals surface area (Å²) in [4.78, 5) is 24.1. The van der Waals surface area contributed by atoms with Gasteiger partial charge in [0.1, 0.15) is 5.75 Å². The lowest BCUT2D eigenvalue weighted by atomic mass is 9.88. The number of amides is 2. The molecule has 3 rings (SSSR count). The van der Waals surface area contributed by atoms with Crippen LogP contribution in [0.25, 0.3) is 0 Å². The van der Waals surface area contributed by atoms with Crippen LogP contribution < -0.4 is 20.7 Å². The second-order valence-corrected chi connectivity index (χ2v) is 7.59. The number of hydrogen-bond donors (Lipinski definition) is 3. The highest BCUT2D eigenvalue weighted by Crippen LogP contribution is 2.16. The molecule has 3 N–H and O–H groups in total. The first-order valence-corrected chi connectivity index (χ1v) is 10.1. The Morgan fingerprint density at radius 1 is 1.10 bits per heavy atom. The van der Waals surface area contributed by atoms with Crippen molar-refractivity contribution in [3.63, 3.8) is 0 Å². The number of carbonyl (C=O) groups is 2. The van der Waals surface area contributed by atoms with E-state index in [1.807, 2.05) is 62.4 Å². The number of anilines is 1. The molecule has 154 valence electrons. The molecular formula is C23H29N3O3. The second kappa shape index (κ2) is 10.1. The number of benzene rings is 2. The van der Waals surface area contributed by atoms with Crippen LogP contribution in [0, 0.1) is 18.8 Å². The van der Waals surface area contributed by atoms with Gasteiger partial charge in [-0.25, -0.2) is 0 Å². The third kappa shape index (κ3) is 6.32. The fourth-order valence-electron chi connectivity index (χ4n) is 3.10. The fourth-order valence-corrected chi connectivity index (χ4v) is 3.10. The van der Waals surface area contributed by atoms with Crippen LogP contribution in [0.3, 0.4) is 0 Å². The predicted octanol–water partition coefficient (Wildman–Crippen LogP) is 2.53. The van der Waals surface area contributed by atoms with Gasteiger partial charge in [0.15, 0.2) is 6.61 Å². The van der Waals surface area contributed by atoms with Gasteiger partial charge in [0.05, 0.1) is 0 Å². The molecule has 2 aromatic rings. The number of rotatable bonds is 9. The first-order valence-electron chi connectivity index (χ1n) is 10.1. The molecule has 1 atom stereocenters. The molecule has 1 unspecified atom stereocenters. The van der Waals surface area contributed by atoms with E-state index in [2.05, 4.69) is 16.0 Å². The Labute approximate surface area is 172 Å². The molecule has 0 aromatic heterocycles. The molecule has 0 spiro atoms. The van der Waals surface area contributed by atoms with Crippen LogP contribution in [0.4, 0.5) is 5.69 Å². The third-order valence-corrected chi connectivity index (χ3v) is 5.28. The van der Waals surface area contributed by atoms with Crippen LogP contribution in [-0.4, -0.2) is 38.1 Å². The van der Waals surface area contributed by atoms with E-state index in [4.69, 9.17) is 4.74 Å². The lowest BCUT2D eigenvalue weighted by Gasteiger charge is -2.31. The van der Waals surface area contributed by atoms with E-state index in [9.17, 15) is 9.59 Å². The van der Waals surface area contributed by atoms with E-state index in [-0.39, 0.29) is 24.3 Å². The van der Waals surface area contributed by atoms with Crippen molar-refractivity contribution < 1.29 is 14.3 Å². The minimum absolute atomic E-state index is 0.0445. The van der Waals surface area contributed by atoms with Gasteiger partial charge >= 0.3 is 0 Å². The van der Waals surface area contributed by atoms with Gasteiger partial charge < -0.3 is 20.7 Å². The molecule has 0 radical (unpaired) electrons. The summed E-state index contributed by atoms with van der Waals surface area (Å²) in [5.74, 6) is 1.07. The zero-order valence-electron chi connectivity index (χ0n) is 17.0. The Bertz CT molecular complexity index is 814. The number of hydrogen-bond acceptors (Lipinski definition) is 4. The van der Waals surface area contributed by atoms with Crippen LogP contribution in [-0.2, 0) is 16.0 Å². The molecule has 1 heterocycles. The molecule has 2 amide bonds. The topological polar surface area (TPSA) is 79.5 Å². The minimum Gasteiger partial charge on any atom is -0.484 e. The van der Waals surface area contributed by atoms with Gasteiger partial charge in [-0.3, -0.25) is 9.59 Å². The average Bonchev–Trinajstić information content (AvgIpc) is 2.67. The molecule has 6 nitrogen and oxygen atoms in total. The average molecular weight is 396 g/mol. The Kier molecular flexibility index (Phi) is 7.25. The van der Waals surface area contributed by atoms with Gasteiger partial charge in [-0.05, 0) is 62.2 Å². The van der Waals surface area contributed by atoms with Crippen molar-refractivity contribution in [2.75, 3.05) is 31.6 Å². The maximum atomic E-state index is 12.1. The maximum absolute atomic E-state index is 12.1. The first-order chi connectivity index (χ1) is 14.0. The van der Waals surface area contributed by atoms with Gasteiger partial charge in [0.2, 0.25) is 5.91 Å². The van der Waals surface area contributed by atoms with E-state index in [0.717, 1.165) is 36.3 Å². The largest absolute Gasteiger partial charge is 0.484 e. The maximum Gasteiger partial charge on any atom is 0.262 e.